The van der Waals surface area contributed by atoms with Crippen molar-refractivity contribution in [3.05, 3.63) is 35.1 Å². The number of hydrogen-bond acceptors (Lipinski definition) is 2. The van der Waals surface area contributed by atoms with E-state index in [2.05, 4.69) is 19.9 Å². The highest BCUT2D eigenvalue weighted by atomic mass is 19.1. The zero-order chi connectivity index (χ0) is 23.3. The van der Waals surface area contributed by atoms with Gasteiger partial charge in [-0.3, -0.25) is 0 Å². The van der Waals surface area contributed by atoms with Crippen LogP contribution in [0.3, 0.4) is 0 Å². The molecular weight excluding hydrogens is 411 g/mol. The number of benzene rings is 1. The summed E-state index contributed by atoms with van der Waals surface area (Å²) in [6.07, 6.45) is 19.5. The van der Waals surface area contributed by atoms with Crippen LogP contribution >= 0.6 is 0 Å². The summed E-state index contributed by atoms with van der Waals surface area (Å²) in [6, 6.07) is 6.01. The number of unbranched alkanes of at least 4 members (excludes halogenated alkanes) is 6. The quantitative estimate of drug-likeness (QED) is 0.258. The van der Waals surface area contributed by atoms with Gasteiger partial charge in [0.05, 0.1) is 13.2 Å². The lowest BCUT2D eigenvalue weighted by Gasteiger charge is -2.30. The van der Waals surface area contributed by atoms with Crippen LogP contribution in [-0.2, 0) is 15.9 Å². The zero-order valence-electron chi connectivity index (χ0n) is 21.5. The number of ether oxygens (including phenoxy) is 2. The van der Waals surface area contributed by atoms with E-state index in [1.54, 1.807) is 0 Å². The van der Waals surface area contributed by atoms with Gasteiger partial charge in [-0.1, -0.05) is 83.8 Å². The van der Waals surface area contributed by atoms with Gasteiger partial charge < -0.3 is 9.47 Å². The van der Waals surface area contributed by atoms with Gasteiger partial charge >= 0.3 is 0 Å². The summed E-state index contributed by atoms with van der Waals surface area (Å²) in [5.41, 5.74) is 2.01. The molecule has 0 spiro atoms. The Bertz CT molecular complexity index is 645. The fourth-order valence-corrected chi connectivity index (χ4v) is 5.71. The van der Waals surface area contributed by atoms with E-state index < -0.39 is 0 Å². The Morgan fingerprint density at radius 2 is 1.39 bits per heavy atom. The van der Waals surface area contributed by atoms with E-state index in [0.717, 1.165) is 31.1 Å². The molecule has 188 valence electrons. The van der Waals surface area contributed by atoms with E-state index in [-0.39, 0.29) is 12.1 Å². The van der Waals surface area contributed by atoms with Gasteiger partial charge in [0.15, 0.2) is 6.29 Å². The van der Waals surface area contributed by atoms with E-state index in [0.29, 0.717) is 18.3 Å². The minimum atomic E-state index is -0.177. The molecule has 1 aromatic rings. The molecule has 1 saturated carbocycles. The van der Waals surface area contributed by atoms with Crippen LogP contribution in [0.15, 0.2) is 18.2 Å². The van der Waals surface area contributed by atoms with Crippen LogP contribution in [0.5, 0.6) is 0 Å². The summed E-state index contributed by atoms with van der Waals surface area (Å²) in [4.78, 5) is 0. The van der Waals surface area contributed by atoms with Crippen molar-refractivity contribution in [2.24, 2.45) is 11.8 Å². The molecule has 3 heteroatoms. The number of hydrogen-bond donors (Lipinski definition) is 0. The van der Waals surface area contributed by atoms with Crippen molar-refractivity contribution in [2.75, 3.05) is 13.2 Å². The normalized spacial score (nSPS) is 25.9. The Morgan fingerprint density at radius 1 is 0.758 bits per heavy atom. The van der Waals surface area contributed by atoms with Crippen LogP contribution in [0.25, 0.3) is 0 Å². The third-order valence-corrected chi connectivity index (χ3v) is 8.01. The molecule has 2 aliphatic rings. The summed E-state index contributed by atoms with van der Waals surface area (Å²) >= 11 is 0. The maximum atomic E-state index is 14.8. The molecule has 1 heterocycles. The standard InChI is InChI=1S/C30H49FO2/c1-3-5-7-8-10-12-25-22-32-30(33-23-25)20-19-27-17-18-28(21-29(27)31)26-15-13-24(14-16-26)11-9-6-4-2/h17-18,21,24-26,30H,3-16,19-20,22-23H2,1-2H3/t24-,25?,26-,30?. The number of aryl methyl sites for hydroxylation is 1. The highest BCUT2D eigenvalue weighted by Gasteiger charge is 2.24. The van der Waals surface area contributed by atoms with Crippen molar-refractivity contribution in [2.45, 2.75) is 129 Å². The zero-order valence-corrected chi connectivity index (χ0v) is 21.5. The molecule has 1 aromatic carbocycles. The molecule has 0 aromatic heterocycles. The first-order valence-corrected chi connectivity index (χ1v) is 14.2. The van der Waals surface area contributed by atoms with E-state index >= 15 is 0 Å². The van der Waals surface area contributed by atoms with Crippen molar-refractivity contribution in [3.8, 4) is 0 Å². The van der Waals surface area contributed by atoms with Crippen molar-refractivity contribution in [3.63, 3.8) is 0 Å². The van der Waals surface area contributed by atoms with Crippen LogP contribution in [0.1, 0.15) is 127 Å². The maximum absolute atomic E-state index is 14.8. The maximum Gasteiger partial charge on any atom is 0.157 e. The van der Waals surface area contributed by atoms with Gasteiger partial charge in [0.1, 0.15) is 5.82 Å². The minimum absolute atomic E-state index is 0.0432. The Balaban J connectivity index is 1.34. The average molecular weight is 461 g/mol. The molecule has 2 nitrogen and oxygen atoms in total. The van der Waals surface area contributed by atoms with Crippen molar-refractivity contribution in [1.29, 1.82) is 0 Å². The minimum Gasteiger partial charge on any atom is -0.352 e. The van der Waals surface area contributed by atoms with Crippen LogP contribution in [0, 0.1) is 17.7 Å². The lowest BCUT2D eigenvalue weighted by atomic mass is 9.77. The van der Waals surface area contributed by atoms with Gasteiger partial charge in [0.25, 0.3) is 0 Å². The van der Waals surface area contributed by atoms with E-state index in [9.17, 15) is 4.39 Å². The van der Waals surface area contributed by atoms with Gasteiger partial charge in [-0.05, 0) is 67.6 Å². The molecular formula is C30H49FO2. The Labute approximate surface area is 203 Å². The molecule has 0 atom stereocenters. The summed E-state index contributed by atoms with van der Waals surface area (Å²) in [5, 5.41) is 0. The lowest BCUT2D eigenvalue weighted by molar-refractivity contribution is -0.203. The third-order valence-electron chi connectivity index (χ3n) is 8.01. The van der Waals surface area contributed by atoms with Gasteiger partial charge in [-0.2, -0.15) is 0 Å². The summed E-state index contributed by atoms with van der Waals surface area (Å²) in [6.45, 7) is 6.11. The molecule has 0 amide bonds. The molecule has 1 aliphatic carbocycles. The molecule has 1 aliphatic heterocycles. The predicted octanol–water partition coefficient (Wildman–Crippen LogP) is 8.96. The average Bonchev–Trinajstić information content (AvgIpc) is 2.84. The Morgan fingerprint density at radius 3 is 2.09 bits per heavy atom. The Hall–Kier alpha value is -0.930. The predicted molar refractivity (Wildman–Crippen MR) is 136 cm³/mol. The van der Waals surface area contributed by atoms with Gasteiger partial charge in [0.2, 0.25) is 0 Å². The van der Waals surface area contributed by atoms with Gasteiger partial charge in [-0.25, -0.2) is 4.39 Å². The smallest absolute Gasteiger partial charge is 0.157 e. The molecule has 0 N–H and O–H groups in total. The van der Waals surface area contributed by atoms with Crippen molar-refractivity contribution < 1.29 is 13.9 Å². The summed E-state index contributed by atoms with van der Waals surface area (Å²) in [7, 11) is 0. The first kappa shape index (κ1) is 26.7. The second-order valence-corrected chi connectivity index (χ2v) is 10.8. The molecule has 2 fully saturated rings. The second-order valence-electron chi connectivity index (χ2n) is 10.8. The second kappa shape index (κ2) is 15.1. The molecule has 0 radical (unpaired) electrons. The van der Waals surface area contributed by atoms with Crippen molar-refractivity contribution >= 4 is 0 Å². The van der Waals surface area contributed by atoms with E-state index in [4.69, 9.17) is 9.47 Å². The fourth-order valence-electron chi connectivity index (χ4n) is 5.71. The SMILES string of the molecule is CCCCCCCC1COC(CCc2ccc([C@H]3CC[C@H](CCCCC)CC3)cc2F)OC1. The van der Waals surface area contributed by atoms with Crippen LogP contribution in [-0.4, -0.2) is 19.5 Å². The molecule has 0 bridgehead atoms. The first-order valence-electron chi connectivity index (χ1n) is 14.2. The van der Waals surface area contributed by atoms with Crippen molar-refractivity contribution in [1.82, 2.24) is 0 Å². The highest BCUT2D eigenvalue weighted by Crippen LogP contribution is 2.38. The number of rotatable bonds is 14. The lowest BCUT2D eigenvalue weighted by Crippen LogP contribution is -2.32. The van der Waals surface area contributed by atoms with Gasteiger partial charge in [-0.15, -0.1) is 0 Å². The van der Waals surface area contributed by atoms with E-state index in [1.807, 2.05) is 12.1 Å². The largest absolute Gasteiger partial charge is 0.352 e. The van der Waals surface area contributed by atoms with Crippen LogP contribution in [0.4, 0.5) is 4.39 Å². The topological polar surface area (TPSA) is 18.5 Å². The van der Waals surface area contributed by atoms with Gasteiger partial charge in [0, 0.05) is 12.3 Å². The Kier molecular flexibility index (Phi) is 12.2. The van der Waals surface area contributed by atoms with Crippen LogP contribution < -0.4 is 0 Å². The molecule has 3 rings (SSSR count). The monoisotopic (exact) mass is 460 g/mol. The summed E-state index contributed by atoms with van der Waals surface area (Å²) in [5.74, 6) is 1.92. The summed E-state index contributed by atoms with van der Waals surface area (Å²) < 4.78 is 26.7. The van der Waals surface area contributed by atoms with E-state index in [1.165, 1.54) is 95.5 Å². The molecule has 33 heavy (non-hydrogen) atoms. The number of halogens is 1. The first-order chi connectivity index (χ1) is 16.2. The molecule has 1 saturated heterocycles. The fraction of sp³-hybridized carbons (Fsp3) is 0.800. The van der Waals surface area contributed by atoms with Crippen LogP contribution in [0.2, 0.25) is 0 Å². The molecule has 0 unspecified atom stereocenters. The third kappa shape index (κ3) is 9.32. The highest BCUT2D eigenvalue weighted by molar-refractivity contribution is 5.27.